The first-order chi connectivity index (χ1) is 11.2. The predicted molar refractivity (Wildman–Crippen MR) is 95.1 cm³/mol. The Labute approximate surface area is 144 Å². The lowest BCUT2D eigenvalue weighted by Crippen LogP contribution is -2.12. The molecule has 122 valence electrons. The highest BCUT2D eigenvalue weighted by molar-refractivity contribution is 9.10. The molecule has 0 heterocycles. The Kier molecular flexibility index (Phi) is 6.94. The molecule has 0 atom stereocenters. The molecule has 23 heavy (non-hydrogen) atoms. The molecule has 0 radical (unpaired) electrons. The van der Waals surface area contributed by atoms with Crippen molar-refractivity contribution in [1.82, 2.24) is 0 Å². The molecule has 0 bridgehead atoms. The van der Waals surface area contributed by atoms with E-state index in [4.69, 9.17) is 9.47 Å². The average molecular weight is 378 g/mol. The van der Waals surface area contributed by atoms with Crippen LogP contribution in [0.1, 0.15) is 19.8 Å². The maximum absolute atomic E-state index is 11.9. The van der Waals surface area contributed by atoms with Crippen molar-refractivity contribution in [1.29, 1.82) is 0 Å². The fourth-order valence-electron chi connectivity index (χ4n) is 2.02. The number of ether oxygens (including phenoxy) is 2. The van der Waals surface area contributed by atoms with Gasteiger partial charge in [-0.2, -0.15) is 0 Å². The van der Waals surface area contributed by atoms with E-state index in [9.17, 15) is 4.79 Å². The second-order valence-corrected chi connectivity index (χ2v) is 5.80. The number of para-hydroxylation sites is 2. The van der Waals surface area contributed by atoms with Gasteiger partial charge in [-0.1, -0.05) is 28.1 Å². The van der Waals surface area contributed by atoms with Gasteiger partial charge in [0, 0.05) is 16.6 Å². The van der Waals surface area contributed by atoms with Crippen molar-refractivity contribution >= 4 is 27.5 Å². The van der Waals surface area contributed by atoms with Crippen LogP contribution >= 0.6 is 15.9 Å². The van der Waals surface area contributed by atoms with Gasteiger partial charge in [-0.25, -0.2) is 0 Å². The average Bonchev–Trinajstić information content (AvgIpc) is 2.55. The molecule has 2 rings (SSSR count). The number of benzene rings is 2. The molecule has 1 amide bonds. The molecule has 1 N–H and O–H groups in total. The van der Waals surface area contributed by atoms with Crippen LogP contribution in [0.2, 0.25) is 0 Å². The molecule has 0 spiro atoms. The number of hydrogen-bond donors (Lipinski definition) is 1. The number of rotatable bonds is 8. The minimum Gasteiger partial charge on any atom is -0.490 e. The summed E-state index contributed by atoms with van der Waals surface area (Å²) in [5.74, 6) is 1.42. The third-order valence-corrected chi connectivity index (χ3v) is 3.61. The van der Waals surface area contributed by atoms with Crippen LogP contribution in [0.25, 0.3) is 0 Å². The Hall–Kier alpha value is -2.01. The molecular formula is C18H20BrNO3. The highest BCUT2D eigenvalue weighted by Crippen LogP contribution is 2.26. The topological polar surface area (TPSA) is 47.6 Å². The van der Waals surface area contributed by atoms with Gasteiger partial charge in [0.1, 0.15) is 0 Å². The first-order valence-electron chi connectivity index (χ1n) is 7.59. The SMILES string of the molecule is CCOc1ccccc1OCCCC(=O)Nc1ccc(Br)cc1. The van der Waals surface area contributed by atoms with Crippen LogP contribution in [0.4, 0.5) is 5.69 Å². The molecule has 0 saturated carbocycles. The number of halogens is 1. The van der Waals surface area contributed by atoms with E-state index in [1.54, 1.807) is 0 Å². The van der Waals surface area contributed by atoms with E-state index < -0.39 is 0 Å². The van der Waals surface area contributed by atoms with Gasteiger partial charge < -0.3 is 14.8 Å². The van der Waals surface area contributed by atoms with E-state index in [2.05, 4.69) is 21.2 Å². The van der Waals surface area contributed by atoms with Gasteiger partial charge in [-0.05, 0) is 49.7 Å². The van der Waals surface area contributed by atoms with Gasteiger partial charge in [0.25, 0.3) is 0 Å². The van der Waals surface area contributed by atoms with Crippen LogP contribution in [0.15, 0.2) is 53.0 Å². The van der Waals surface area contributed by atoms with Crippen molar-refractivity contribution in [2.45, 2.75) is 19.8 Å². The van der Waals surface area contributed by atoms with Crippen LogP contribution in [0, 0.1) is 0 Å². The second-order valence-electron chi connectivity index (χ2n) is 4.89. The highest BCUT2D eigenvalue weighted by Gasteiger charge is 2.05. The van der Waals surface area contributed by atoms with Gasteiger partial charge in [0.05, 0.1) is 13.2 Å². The Bertz CT molecular complexity index is 628. The van der Waals surface area contributed by atoms with Crippen LogP contribution in [0.5, 0.6) is 11.5 Å². The molecule has 0 fully saturated rings. The normalized spacial score (nSPS) is 10.2. The smallest absolute Gasteiger partial charge is 0.224 e. The molecule has 0 unspecified atom stereocenters. The van der Waals surface area contributed by atoms with Crippen molar-refractivity contribution in [2.75, 3.05) is 18.5 Å². The maximum Gasteiger partial charge on any atom is 0.224 e. The van der Waals surface area contributed by atoms with Gasteiger partial charge >= 0.3 is 0 Å². The molecule has 0 aliphatic carbocycles. The van der Waals surface area contributed by atoms with Gasteiger partial charge in [0.2, 0.25) is 5.91 Å². The van der Waals surface area contributed by atoms with Crippen LogP contribution in [0.3, 0.4) is 0 Å². The lowest BCUT2D eigenvalue weighted by molar-refractivity contribution is -0.116. The van der Waals surface area contributed by atoms with Crippen molar-refractivity contribution in [2.24, 2.45) is 0 Å². The summed E-state index contributed by atoms with van der Waals surface area (Å²) in [5, 5.41) is 2.86. The molecule has 2 aromatic rings. The maximum atomic E-state index is 11.9. The minimum atomic E-state index is -0.0194. The molecule has 5 heteroatoms. The number of anilines is 1. The van der Waals surface area contributed by atoms with E-state index in [1.165, 1.54) is 0 Å². The summed E-state index contributed by atoms with van der Waals surface area (Å²) < 4.78 is 12.2. The van der Waals surface area contributed by atoms with Crippen molar-refractivity contribution in [3.05, 3.63) is 53.0 Å². The molecule has 2 aromatic carbocycles. The van der Waals surface area contributed by atoms with Crippen molar-refractivity contribution < 1.29 is 14.3 Å². The number of nitrogens with one attached hydrogen (secondary N) is 1. The third-order valence-electron chi connectivity index (χ3n) is 3.08. The molecule has 0 aliphatic heterocycles. The molecule has 4 nitrogen and oxygen atoms in total. The molecule has 0 aliphatic rings. The monoisotopic (exact) mass is 377 g/mol. The van der Waals surface area contributed by atoms with Crippen molar-refractivity contribution in [3.63, 3.8) is 0 Å². The summed E-state index contributed by atoms with van der Waals surface area (Å²) in [5.41, 5.74) is 0.792. The Morgan fingerprint density at radius 2 is 1.70 bits per heavy atom. The van der Waals surface area contributed by atoms with Crippen LogP contribution in [-0.4, -0.2) is 19.1 Å². The zero-order valence-corrected chi connectivity index (χ0v) is 14.6. The van der Waals surface area contributed by atoms with Crippen LogP contribution in [-0.2, 0) is 4.79 Å². The van der Waals surface area contributed by atoms with E-state index >= 15 is 0 Å². The Balaban J connectivity index is 1.73. The molecule has 0 saturated heterocycles. The summed E-state index contributed by atoms with van der Waals surface area (Å²) in [6, 6.07) is 15.0. The predicted octanol–water partition coefficient (Wildman–Crippen LogP) is 4.65. The van der Waals surface area contributed by atoms with E-state index in [0.717, 1.165) is 15.9 Å². The fourth-order valence-corrected chi connectivity index (χ4v) is 2.28. The van der Waals surface area contributed by atoms with E-state index in [-0.39, 0.29) is 5.91 Å². The van der Waals surface area contributed by atoms with Gasteiger partial charge in [0.15, 0.2) is 11.5 Å². The lowest BCUT2D eigenvalue weighted by Gasteiger charge is -2.11. The van der Waals surface area contributed by atoms with Gasteiger partial charge in [-0.3, -0.25) is 4.79 Å². The summed E-state index contributed by atoms with van der Waals surface area (Å²) in [7, 11) is 0. The zero-order chi connectivity index (χ0) is 16.5. The number of amides is 1. The quantitative estimate of drug-likeness (QED) is 0.681. The summed E-state index contributed by atoms with van der Waals surface area (Å²) in [6.07, 6.45) is 1.05. The first-order valence-corrected chi connectivity index (χ1v) is 8.38. The van der Waals surface area contributed by atoms with Crippen LogP contribution < -0.4 is 14.8 Å². The summed E-state index contributed by atoms with van der Waals surface area (Å²) >= 11 is 3.36. The second kappa shape index (κ2) is 9.20. The van der Waals surface area contributed by atoms with Gasteiger partial charge in [-0.15, -0.1) is 0 Å². The molecular weight excluding hydrogens is 358 g/mol. The number of carbonyl (C=O) groups excluding carboxylic acids is 1. The van der Waals surface area contributed by atoms with E-state index in [0.29, 0.717) is 31.8 Å². The Morgan fingerprint density at radius 1 is 1.04 bits per heavy atom. The number of hydrogen-bond acceptors (Lipinski definition) is 3. The zero-order valence-electron chi connectivity index (χ0n) is 13.0. The highest BCUT2D eigenvalue weighted by atomic mass is 79.9. The third kappa shape index (κ3) is 5.94. The number of carbonyl (C=O) groups is 1. The fraction of sp³-hybridized carbons (Fsp3) is 0.278. The van der Waals surface area contributed by atoms with Crippen molar-refractivity contribution in [3.8, 4) is 11.5 Å². The summed E-state index contributed by atoms with van der Waals surface area (Å²) in [4.78, 5) is 11.9. The Morgan fingerprint density at radius 3 is 2.35 bits per heavy atom. The standard InChI is InChI=1S/C18H20BrNO3/c1-2-22-16-6-3-4-7-17(16)23-13-5-8-18(21)20-15-11-9-14(19)10-12-15/h3-4,6-7,9-12H,2,5,8,13H2,1H3,(H,20,21). The lowest BCUT2D eigenvalue weighted by atomic mass is 10.2. The van der Waals surface area contributed by atoms with E-state index in [1.807, 2.05) is 55.5 Å². The largest absolute Gasteiger partial charge is 0.490 e. The summed E-state index contributed by atoms with van der Waals surface area (Å²) in [6.45, 7) is 3.00. The first kappa shape index (κ1) is 17.3. The minimum absolute atomic E-state index is 0.0194. The molecule has 0 aromatic heterocycles.